The molecule has 0 saturated carbocycles. The summed E-state index contributed by atoms with van der Waals surface area (Å²) in [4.78, 5) is 0. The lowest BCUT2D eigenvalue weighted by Crippen LogP contribution is -2.44. The fraction of sp³-hybridized carbons (Fsp3) is 0.368. The van der Waals surface area contributed by atoms with Gasteiger partial charge in [0.1, 0.15) is 5.60 Å². The summed E-state index contributed by atoms with van der Waals surface area (Å²) < 4.78 is 0. The Labute approximate surface area is 126 Å². The molecule has 2 unspecified atom stereocenters. The maximum Gasteiger partial charge on any atom is 0.107 e. The van der Waals surface area contributed by atoms with Gasteiger partial charge in [-0.1, -0.05) is 49.4 Å². The van der Waals surface area contributed by atoms with E-state index in [1.165, 1.54) is 11.1 Å². The molecule has 2 heteroatoms. The number of aliphatic hydroxyl groups is 1. The van der Waals surface area contributed by atoms with Crippen molar-refractivity contribution in [2.45, 2.75) is 44.8 Å². The summed E-state index contributed by atoms with van der Waals surface area (Å²) in [6, 6.07) is 16.7. The number of fused-ring (bicyclic) bond motifs is 1. The predicted octanol–water partition coefficient (Wildman–Crippen LogP) is 3.88. The Kier molecular flexibility index (Phi) is 3.73. The standard InChI is InChI=1S/C19H23NO/c1-3-14-8-11-16(12-9-14)19(2,21)18-13-10-15-6-4-5-7-17(15)20-18/h4-9,11-12,18,20-21H,3,10,13H2,1-2H3. The number of para-hydroxylation sites is 1. The molecular weight excluding hydrogens is 258 g/mol. The van der Waals surface area contributed by atoms with Crippen LogP contribution in [0.5, 0.6) is 0 Å². The third-order valence-electron chi connectivity index (χ3n) is 4.67. The first-order valence-electron chi connectivity index (χ1n) is 7.77. The molecule has 0 bridgehead atoms. The van der Waals surface area contributed by atoms with Crippen LogP contribution < -0.4 is 5.32 Å². The lowest BCUT2D eigenvalue weighted by atomic mass is 9.82. The molecule has 0 spiro atoms. The highest BCUT2D eigenvalue weighted by Crippen LogP contribution is 2.34. The minimum absolute atomic E-state index is 0.0416. The second kappa shape index (κ2) is 5.53. The van der Waals surface area contributed by atoms with E-state index in [0.29, 0.717) is 0 Å². The number of hydrogen-bond acceptors (Lipinski definition) is 2. The highest BCUT2D eigenvalue weighted by atomic mass is 16.3. The van der Waals surface area contributed by atoms with Gasteiger partial charge in [-0.15, -0.1) is 0 Å². The number of nitrogens with one attached hydrogen (secondary N) is 1. The average Bonchev–Trinajstić information content (AvgIpc) is 2.54. The van der Waals surface area contributed by atoms with E-state index in [9.17, 15) is 5.11 Å². The van der Waals surface area contributed by atoms with Crippen LogP contribution in [0.4, 0.5) is 5.69 Å². The van der Waals surface area contributed by atoms with Gasteiger partial charge in [-0.3, -0.25) is 0 Å². The molecule has 1 aliphatic heterocycles. The van der Waals surface area contributed by atoms with Gasteiger partial charge in [-0.25, -0.2) is 0 Å². The summed E-state index contributed by atoms with van der Waals surface area (Å²) in [5.41, 5.74) is 3.91. The van der Waals surface area contributed by atoms with Crippen molar-refractivity contribution in [1.29, 1.82) is 0 Å². The van der Waals surface area contributed by atoms with Crippen molar-refractivity contribution in [3.63, 3.8) is 0 Å². The zero-order chi connectivity index (χ0) is 14.9. The Bertz CT molecular complexity index is 616. The summed E-state index contributed by atoms with van der Waals surface area (Å²) in [6.07, 6.45) is 2.98. The number of aryl methyl sites for hydroxylation is 2. The van der Waals surface area contributed by atoms with Crippen LogP contribution in [0.25, 0.3) is 0 Å². The van der Waals surface area contributed by atoms with Crippen molar-refractivity contribution in [3.05, 3.63) is 65.2 Å². The van der Waals surface area contributed by atoms with Gasteiger partial charge in [0, 0.05) is 5.69 Å². The SMILES string of the molecule is CCc1ccc(C(C)(O)C2CCc3ccccc3N2)cc1. The third-order valence-corrected chi connectivity index (χ3v) is 4.67. The molecule has 21 heavy (non-hydrogen) atoms. The third kappa shape index (κ3) is 2.68. The van der Waals surface area contributed by atoms with Gasteiger partial charge in [0.05, 0.1) is 6.04 Å². The summed E-state index contributed by atoms with van der Waals surface area (Å²) >= 11 is 0. The van der Waals surface area contributed by atoms with Crippen LogP contribution in [-0.2, 0) is 18.4 Å². The lowest BCUT2D eigenvalue weighted by molar-refractivity contribution is 0.0322. The Hall–Kier alpha value is -1.80. The minimum Gasteiger partial charge on any atom is -0.383 e. The normalized spacial score (nSPS) is 20.2. The molecule has 110 valence electrons. The van der Waals surface area contributed by atoms with Gasteiger partial charge >= 0.3 is 0 Å². The highest BCUT2D eigenvalue weighted by molar-refractivity contribution is 5.54. The van der Waals surface area contributed by atoms with Crippen LogP contribution in [-0.4, -0.2) is 11.1 Å². The molecule has 0 saturated heterocycles. The molecule has 2 N–H and O–H groups in total. The Morgan fingerprint density at radius 2 is 1.86 bits per heavy atom. The number of anilines is 1. The fourth-order valence-electron chi connectivity index (χ4n) is 3.14. The van der Waals surface area contributed by atoms with Crippen molar-refractivity contribution in [2.75, 3.05) is 5.32 Å². The molecule has 2 nitrogen and oxygen atoms in total. The summed E-state index contributed by atoms with van der Waals surface area (Å²) in [7, 11) is 0. The van der Waals surface area contributed by atoms with Crippen molar-refractivity contribution in [2.24, 2.45) is 0 Å². The van der Waals surface area contributed by atoms with Crippen molar-refractivity contribution in [3.8, 4) is 0 Å². The molecule has 0 amide bonds. The van der Waals surface area contributed by atoms with Crippen LogP contribution in [0.3, 0.4) is 0 Å². The molecule has 2 aromatic rings. The highest BCUT2D eigenvalue weighted by Gasteiger charge is 2.35. The van der Waals surface area contributed by atoms with E-state index in [1.54, 1.807) is 0 Å². The summed E-state index contributed by atoms with van der Waals surface area (Å²) in [6.45, 7) is 4.06. The maximum atomic E-state index is 11.0. The van der Waals surface area contributed by atoms with Gasteiger partial charge in [0.25, 0.3) is 0 Å². The average molecular weight is 281 g/mol. The summed E-state index contributed by atoms with van der Waals surface area (Å²) in [5, 5.41) is 14.6. The lowest BCUT2D eigenvalue weighted by Gasteiger charge is -2.38. The molecule has 0 fully saturated rings. The number of rotatable bonds is 3. The van der Waals surface area contributed by atoms with Crippen LogP contribution in [0, 0.1) is 0 Å². The minimum atomic E-state index is -0.861. The first-order chi connectivity index (χ1) is 10.1. The second-order valence-corrected chi connectivity index (χ2v) is 6.09. The van der Waals surface area contributed by atoms with Gasteiger partial charge in [0.15, 0.2) is 0 Å². The Balaban J connectivity index is 1.85. The number of benzene rings is 2. The molecule has 0 aliphatic carbocycles. The van der Waals surface area contributed by atoms with E-state index in [-0.39, 0.29) is 6.04 Å². The molecule has 3 rings (SSSR count). The first-order valence-corrected chi connectivity index (χ1v) is 7.77. The maximum absolute atomic E-state index is 11.0. The van der Waals surface area contributed by atoms with Crippen LogP contribution >= 0.6 is 0 Å². The van der Waals surface area contributed by atoms with E-state index >= 15 is 0 Å². The van der Waals surface area contributed by atoms with Crippen molar-refractivity contribution >= 4 is 5.69 Å². The molecule has 1 aliphatic rings. The molecule has 2 atom stereocenters. The van der Waals surface area contributed by atoms with Crippen LogP contribution in [0.15, 0.2) is 48.5 Å². The Morgan fingerprint density at radius 3 is 2.57 bits per heavy atom. The largest absolute Gasteiger partial charge is 0.383 e. The van der Waals surface area contributed by atoms with Crippen molar-refractivity contribution in [1.82, 2.24) is 0 Å². The predicted molar refractivity (Wildman–Crippen MR) is 87.6 cm³/mol. The van der Waals surface area contributed by atoms with E-state index in [0.717, 1.165) is 30.5 Å². The second-order valence-electron chi connectivity index (χ2n) is 6.09. The zero-order valence-electron chi connectivity index (χ0n) is 12.8. The molecule has 0 radical (unpaired) electrons. The topological polar surface area (TPSA) is 32.3 Å². The number of hydrogen-bond donors (Lipinski definition) is 2. The van der Waals surface area contributed by atoms with Crippen LogP contribution in [0.1, 0.15) is 37.0 Å². The Morgan fingerprint density at radius 1 is 1.14 bits per heavy atom. The molecule has 0 aromatic heterocycles. The zero-order valence-corrected chi connectivity index (χ0v) is 12.8. The first kappa shape index (κ1) is 14.2. The monoisotopic (exact) mass is 281 g/mol. The van der Waals surface area contributed by atoms with E-state index < -0.39 is 5.60 Å². The van der Waals surface area contributed by atoms with Gasteiger partial charge < -0.3 is 10.4 Å². The fourth-order valence-corrected chi connectivity index (χ4v) is 3.14. The van der Waals surface area contributed by atoms with Crippen LogP contribution in [0.2, 0.25) is 0 Å². The molecule has 2 aromatic carbocycles. The van der Waals surface area contributed by atoms with E-state index in [4.69, 9.17) is 0 Å². The smallest absolute Gasteiger partial charge is 0.107 e. The molecular formula is C19H23NO. The quantitative estimate of drug-likeness (QED) is 0.894. The van der Waals surface area contributed by atoms with E-state index in [1.807, 2.05) is 13.0 Å². The van der Waals surface area contributed by atoms with Gasteiger partial charge in [-0.2, -0.15) is 0 Å². The molecule has 1 heterocycles. The van der Waals surface area contributed by atoms with E-state index in [2.05, 4.69) is 54.7 Å². The van der Waals surface area contributed by atoms with Gasteiger partial charge in [-0.05, 0) is 48.9 Å². The van der Waals surface area contributed by atoms with Gasteiger partial charge in [0.2, 0.25) is 0 Å². The van der Waals surface area contributed by atoms with Crippen molar-refractivity contribution < 1.29 is 5.11 Å². The summed E-state index contributed by atoms with van der Waals surface area (Å²) in [5.74, 6) is 0.